The van der Waals surface area contributed by atoms with Gasteiger partial charge in [-0.3, -0.25) is 4.79 Å². The molecule has 0 aromatic carbocycles. The first-order chi connectivity index (χ1) is 8.04. The first-order valence-corrected chi connectivity index (χ1v) is 6.23. The molecule has 98 valence electrons. The van der Waals surface area contributed by atoms with Gasteiger partial charge in [-0.1, -0.05) is 19.8 Å². The minimum atomic E-state index is -0.974. The lowest BCUT2D eigenvalue weighted by Gasteiger charge is -2.17. The molecule has 0 aromatic heterocycles. The van der Waals surface area contributed by atoms with Gasteiger partial charge in [0.2, 0.25) is 5.91 Å². The standard InChI is InChI=1S/C12H21NO4/c1-3-4-5-9(12(15)16)13-11(14)10-7-6-8(2)17-10/h8-10H,3-7H2,1-2H3,(H,13,14)(H,15,16)/t8-,9?,10-/m0/s1. The second kappa shape index (κ2) is 6.59. The molecule has 1 saturated heterocycles. The largest absolute Gasteiger partial charge is 0.480 e. The Morgan fingerprint density at radius 1 is 1.47 bits per heavy atom. The molecule has 17 heavy (non-hydrogen) atoms. The Bertz CT molecular complexity index is 280. The third-order valence-corrected chi connectivity index (χ3v) is 2.99. The van der Waals surface area contributed by atoms with Crippen LogP contribution >= 0.6 is 0 Å². The van der Waals surface area contributed by atoms with Crippen molar-refractivity contribution in [1.82, 2.24) is 5.32 Å². The van der Waals surface area contributed by atoms with E-state index in [1.807, 2.05) is 13.8 Å². The van der Waals surface area contributed by atoms with E-state index in [0.29, 0.717) is 12.8 Å². The van der Waals surface area contributed by atoms with Crippen LogP contribution in [0.15, 0.2) is 0 Å². The molecule has 1 aliphatic rings. The molecule has 0 bridgehead atoms. The number of rotatable bonds is 6. The SMILES string of the molecule is CCCCC(NC(=O)[C@@H]1CC[C@H](C)O1)C(=O)O. The molecule has 1 rings (SSSR count). The van der Waals surface area contributed by atoms with E-state index in [1.54, 1.807) is 0 Å². The number of aliphatic carboxylic acids is 1. The summed E-state index contributed by atoms with van der Waals surface area (Å²) in [6.45, 7) is 3.90. The van der Waals surface area contributed by atoms with E-state index >= 15 is 0 Å². The molecular formula is C12H21NO4. The maximum atomic E-state index is 11.8. The molecule has 1 aliphatic heterocycles. The van der Waals surface area contributed by atoms with Gasteiger partial charge in [-0.2, -0.15) is 0 Å². The Balaban J connectivity index is 2.43. The zero-order valence-corrected chi connectivity index (χ0v) is 10.4. The average molecular weight is 243 g/mol. The highest BCUT2D eigenvalue weighted by atomic mass is 16.5. The number of ether oxygens (including phenoxy) is 1. The van der Waals surface area contributed by atoms with Gasteiger partial charge in [0.1, 0.15) is 12.1 Å². The lowest BCUT2D eigenvalue weighted by Crippen LogP contribution is -2.45. The molecule has 1 unspecified atom stereocenters. The molecule has 5 nitrogen and oxygen atoms in total. The fraction of sp³-hybridized carbons (Fsp3) is 0.833. The summed E-state index contributed by atoms with van der Waals surface area (Å²) in [5, 5.41) is 11.5. The molecule has 0 spiro atoms. The highest BCUT2D eigenvalue weighted by molar-refractivity contribution is 5.86. The van der Waals surface area contributed by atoms with Crippen LogP contribution in [0.25, 0.3) is 0 Å². The number of carbonyl (C=O) groups excluding carboxylic acids is 1. The number of hydrogen-bond donors (Lipinski definition) is 2. The lowest BCUT2D eigenvalue weighted by molar-refractivity contribution is -0.144. The normalized spacial score (nSPS) is 25.5. The van der Waals surface area contributed by atoms with Crippen LogP contribution < -0.4 is 5.32 Å². The van der Waals surface area contributed by atoms with Gasteiger partial charge < -0.3 is 15.2 Å². The smallest absolute Gasteiger partial charge is 0.326 e. The highest BCUT2D eigenvalue weighted by Gasteiger charge is 2.30. The van der Waals surface area contributed by atoms with Crippen molar-refractivity contribution in [2.75, 3.05) is 0 Å². The molecule has 2 N–H and O–H groups in total. The van der Waals surface area contributed by atoms with Crippen molar-refractivity contribution in [1.29, 1.82) is 0 Å². The summed E-state index contributed by atoms with van der Waals surface area (Å²) in [6.07, 6.45) is 3.31. The summed E-state index contributed by atoms with van der Waals surface area (Å²) in [6, 6.07) is -0.790. The minimum Gasteiger partial charge on any atom is -0.480 e. The quantitative estimate of drug-likeness (QED) is 0.737. The first-order valence-electron chi connectivity index (χ1n) is 6.23. The third kappa shape index (κ3) is 4.34. The van der Waals surface area contributed by atoms with Crippen LogP contribution in [-0.2, 0) is 14.3 Å². The van der Waals surface area contributed by atoms with E-state index in [9.17, 15) is 9.59 Å². The predicted molar refractivity (Wildman–Crippen MR) is 62.7 cm³/mol. The zero-order chi connectivity index (χ0) is 12.8. The van der Waals surface area contributed by atoms with E-state index in [1.165, 1.54) is 0 Å². The summed E-state index contributed by atoms with van der Waals surface area (Å²) in [5.41, 5.74) is 0. The number of carbonyl (C=O) groups is 2. The maximum absolute atomic E-state index is 11.8. The molecule has 3 atom stereocenters. The van der Waals surface area contributed by atoms with E-state index in [2.05, 4.69) is 5.32 Å². The van der Waals surface area contributed by atoms with Crippen molar-refractivity contribution in [3.05, 3.63) is 0 Å². The molecule has 1 fully saturated rings. The van der Waals surface area contributed by atoms with Gasteiger partial charge in [-0.15, -0.1) is 0 Å². The molecular weight excluding hydrogens is 222 g/mol. The Labute approximate surface area is 102 Å². The molecule has 0 aromatic rings. The number of amides is 1. The van der Waals surface area contributed by atoms with Crippen LogP contribution in [0.3, 0.4) is 0 Å². The monoisotopic (exact) mass is 243 g/mol. The summed E-state index contributed by atoms with van der Waals surface area (Å²) in [7, 11) is 0. The van der Waals surface area contributed by atoms with Gasteiger partial charge in [-0.05, 0) is 26.2 Å². The predicted octanol–water partition coefficient (Wildman–Crippen LogP) is 1.31. The second-order valence-electron chi connectivity index (χ2n) is 4.55. The van der Waals surface area contributed by atoms with Gasteiger partial charge in [-0.25, -0.2) is 4.79 Å². The number of nitrogens with one attached hydrogen (secondary N) is 1. The van der Waals surface area contributed by atoms with Crippen molar-refractivity contribution in [3.8, 4) is 0 Å². The summed E-state index contributed by atoms with van der Waals surface area (Å²) >= 11 is 0. The fourth-order valence-electron chi connectivity index (χ4n) is 1.93. The second-order valence-corrected chi connectivity index (χ2v) is 4.55. The van der Waals surface area contributed by atoms with Crippen LogP contribution in [0.5, 0.6) is 0 Å². The maximum Gasteiger partial charge on any atom is 0.326 e. The lowest BCUT2D eigenvalue weighted by atomic mass is 10.1. The number of carboxylic acid groups (broad SMARTS) is 1. The number of hydrogen-bond acceptors (Lipinski definition) is 3. The van der Waals surface area contributed by atoms with Gasteiger partial charge in [0, 0.05) is 0 Å². The van der Waals surface area contributed by atoms with Gasteiger partial charge in [0.15, 0.2) is 0 Å². The average Bonchev–Trinajstić information content (AvgIpc) is 2.70. The van der Waals surface area contributed by atoms with Gasteiger partial charge in [0.25, 0.3) is 0 Å². The van der Waals surface area contributed by atoms with E-state index in [0.717, 1.165) is 19.3 Å². The van der Waals surface area contributed by atoms with Crippen molar-refractivity contribution >= 4 is 11.9 Å². The highest BCUT2D eigenvalue weighted by Crippen LogP contribution is 2.19. The molecule has 1 amide bonds. The molecule has 0 aliphatic carbocycles. The fourth-order valence-corrected chi connectivity index (χ4v) is 1.93. The van der Waals surface area contributed by atoms with Crippen LogP contribution in [-0.4, -0.2) is 35.2 Å². The summed E-state index contributed by atoms with van der Waals surface area (Å²) in [4.78, 5) is 22.7. The molecule has 5 heteroatoms. The molecule has 0 saturated carbocycles. The first kappa shape index (κ1) is 14.0. The molecule has 1 heterocycles. The Morgan fingerprint density at radius 2 is 2.18 bits per heavy atom. The summed E-state index contributed by atoms with van der Waals surface area (Å²) in [5.74, 6) is -1.27. The van der Waals surface area contributed by atoms with E-state index < -0.39 is 18.1 Å². The van der Waals surface area contributed by atoms with E-state index in [-0.39, 0.29) is 12.0 Å². The topological polar surface area (TPSA) is 75.6 Å². The zero-order valence-electron chi connectivity index (χ0n) is 10.4. The third-order valence-electron chi connectivity index (χ3n) is 2.99. The van der Waals surface area contributed by atoms with Crippen LogP contribution in [0, 0.1) is 0 Å². The van der Waals surface area contributed by atoms with Gasteiger partial charge in [0.05, 0.1) is 6.10 Å². The Kier molecular flexibility index (Phi) is 5.41. The Morgan fingerprint density at radius 3 is 2.65 bits per heavy atom. The van der Waals surface area contributed by atoms with Crippen molar-refractivity contribution in [2.45, 2.75) is 64.2 Å². The van der Waals surface area contributed by atoms with E-state index in [4.69, 9.17) is 9.84 Å². The minimum absolute atomic E-state index is 0.0877. The van der Waals surface area contributed by atoms with Crippen molar-refractivity contribution < 1.29 is 19.4 Å². The van der Waals surface area contributed by atoms with Crippen LogP contribution in [0.1, 0.15) is 46.0 Å². The van der Waals surface area contributed by atoms with Crippen LogP contribution in [0.2, 0.25) is 0 Å². The van der Waals surface area contributed by atoms with Crippen LogP contribution in [0.4, 0.5) is 0 Å². The van der Waals surface area contributed by atoms with Crippen molar-refractivity contribution in [2.24, 2.45) is 0 Å². The van der Waals surface area contributed by atoms with Gasteiger partial charge >= 0.3 is 5.97 Å². The number of carboxylic acids is 1. The Hall–Kier alpha value is -1.10. The number of unbranched alkanes of at least 4 members (excludes halogenated alkanes) is 1. The summed E-state index contributed by atoms with van der Waals surface area (Å²) < 4.78 is 5.40. The van der Waals surface area contributed by atoms with Crippen molar-refractivity contribution in [3.63, 3.8) is 0 Å². The molecule has 0 radical (unpaired) electrons.